The van der Waals surface area contributed by atoms with Gasteiger partial charge in [0.2, 0.25) is 0 Å². The summed E-state index contributed by atoms with van der Waals surface area (Å²) < 4.78 is 2.43. The quantitative estimate of drug-likeness (QED) is 0.785. The molecule has 0 atom stereocenters. The second-order valence-corrected chi connectivity index (χ2v) is 5.84. The zero-order valence-electron chi connectivity index (χ0n) is 10.0. The summed E-state index contributed by atoms with van der Waals surface area (Å²) in [7, 11) is 0. The largest absolute Gasteiger partial charge is 0.476 e. The highest BCUT2D eigenvalue weighted by Crippen LogP contribution is 2.29. The first-order valence-electron chi connectivity index (χ1n) is 5.65. The third kappa shape index (κ3) is 2.41. The molecule has 0 aliphatic carbocycles. The van der Waals surface area contributed by atoms with Crippen LogP contribution in [-0.2, 0) is 0 Å². The number of carboxylic acid groups (broad SMARTS) is 1. The lowest BCUT2D eigenvalue weighted by Crippen LogP contribution is -2.02. The second-order valence-electron chi connectivity index (χ2n) is 3.92. The van der Waals surface area contributed by atoms with Crippen LogP contribution in [0.1, 0.15) is 10.5 Å². The Morgan fingerprint density at radius 2 is 2.15 bits per heavy atom. The van der Waals surface area contributed by atoms with Crippen molar-refractivity contribution < 1.29 is 9.90 Å². The van der Waals surface area contributed by atoms with Crippen LogP contribution in [0.2, 0.25) is 0 Å². The van der Waals surface area contributed by atoms with E-state index in [2.05, 4.69) is 25.9 Å². The zero-order valence-corrected chi connectivity index (χ0v) is 12.4. The smallest absolute Gasteiger partial charge is 0.355 e. The van der Waals surface area contributed by atoms with Crippen LogP contribution in [0.5, 0.6) is 0 Å². The van der Waals surface area contributed by atoms with Gasteiger partial charge in [-0.05, 0) is 52.0 Å². The molecule has 3 aromatic rings. The topological polar surface area (TPSA) is 67.5 Å². The number of halogens is 1. The fourth-order valence-electron chi connectivity index (χ4n) is 1.76. The zero-order chi connectivity index (χ0) is 14.1. The standard InChI is InChI=1S/C13H8BrN3O2S/c14-8-4-5-10(15-7-8)20-12-11(13(18)19)17-6-2-1-3-9(17)16-12/h1-7H,(H,18,19). The molecule has 3 aromatic heterocycles. The molecule has 0 saturated heterocycles. The van der Waals surface area contributed by atoms with Crippen LogP contribution < -0.4 is 0 Å². The molecule has 3 rings (SSSR count). The molecule has 1 N–H and O–H groups in total. The van der Waals surface area contributed by atoms with Gasteiger partial charge in [-0.2, -0.15) is 0 Å². The van der Waals surface area contributed by atoms with Crippen molar-refractivity contribution in [3.05, 3.63) is 52.9 Å². The number of imidazole rings is 1. The van der Waals surface area contributed by atoms with Crippen molar-refractivity contribution in [1.29, 1.82) is 0 Å². The number of nitrogens with zero attached hydrogens (tertiary/aromatic N) is 3. The normalized spacial score (nSPS) is 10.8. The lowest BCUT2D eigenvalue weighted by Gasteiger charge is -2.00. The van der Waals surface area contributed by atoms with Crippen molar-refractivity contribution in [3.8, 4) is 0 Å². The van der Waals surface area contributed by atoms with E-state index in [4.69, 9.17) is 0 Å². The van der Waals surface area contributed by atoms with Gasteiger partial charge in [0.05, 0.1) is 0 Å². The summed E-state index contributed by atoms with van der Waals surface area (Å²) in [4.78, 5) is 20.0. The average Bonchev–Trinajstić information content (AvgIpc) is 2.79. The molecule has 5 nitrogen and oxygen atoms in total. The van der Waals surface area contributed by atoms with E-state index in [1.54, 1.807) is 28.9 Å². The van der Waals surface area contributed by atoms with Crippen LogP contribution in [0.25, 0.3) is 5.65 Å². The van der Waals surface area contributed by atoms with Gasteiger partial charge in [-0.1, -0.05) is 6.07 Å². The number of pyridine rings is 2. The van der Waals surface area contributed by atoms with Gasteiger partial charge in [0.15, 0.2) is 5.69 Å². The highest BCUT2D eigenvalue weighted by atomic mass is 79.9. The SMILES string of the molecule is O=C(O)c1c(Sc2ccc(Br)cn2)nc2ccccn12. The predicted octanol–water partition coefficient (Wildman–Crippen LogP) is 3.34. The Hall–Kier alpha value is -1.86. The van der Waals surface area contributed by atoms with E-state index in [0.717, 1.165) is 4.47 Å². The van der Waals surface area contributed by atoms with Crippen LogP contribution in [0.3, 0.4) is 0 Å². The number of carboxylic acids is 1. The Morgan fingerprint density at radius 3 is 2.85 bits per heavy atom. The highest BCUT2D eigenvalue weighted by Gasteiger charge is 2.19. The monoisotopic (exact) mass is 349 g/mol. The molecule has 0 saturated carbocycles. The lowest BCUT2D eigenvalue weighted by molar-refractivity contribution is 0.0685. The van der Waals surface area contributed by atoms with E-state index in [1.165, 1.54) is 11.8 Å². The summed E-state index contributed by atoms with van der Waals surface area (Å²) >= 11 is 4.54. The van der Waals surface area contributed by atoms with Gasteiger partial charge in [0, 0.05) is 16.9 Å². The number of aromatic nitrogens is 3. The van der Waals surface area contributed by atoms with Crippen molar-refractivity contribution in [1.82, 2.24) is 14.4 Å². The number of aromatic carboxylic acids is 1. The Balaban J connectivity index is 2.08. The van der Waals surface area contributed by atoms with Crippen molar-refractivity contribution in [3.63, 3.8) is 0 Å². The fraction of sp³-hybridized carbons (Fsp3) is 0. The maximum absolute atomic E-state index is 11.4. The lowest BCUT2D eigenvalue weighted by atomic mass is 10.4. The summed E-state index contributed by atoms with van der Waals surface area (Å²) in [6.45, 7) is 0. The molecule has 100 valence electrons. The molecule has 7 heteroatoms. The summed E-state index contributed by atoms with van der Waals surface area (Å²) in [6.07, 6.45) is 3.35. The fourth-order valence-corrected chi connectivity index (χ4v) is 2.86. The van der Waals surface area contributed by atoms with Crippen molar-refractivity contribution in [2.75, 3.05) is 0 Å². The Labute approximate surface area is 126 Å². The number of hydrogen-bond acceptors (Lipinski definition) is 4. The number of hydrogen-bond donors (Lipinski definition) is 1. The van der Waals surface area contributed by atoms with E-state index in [0.29, 0.717) is 15.7 Å². The third-order valence-electron chi connectivity index (χ3n) is 2.60. The van der Waals surface area contributed by atoms with Crippen molar-refractivity contribution >= 4 is 39.3 Å². The maximum Gasteiger partial charge on any atom is 0.355 e. The highest BCUT2D eigenvalue weighted by molar-refractivity contribution is 9.10. The molecule has 0 aliphatic heterocycles. The minimum Gasteiger partial charge on any atom is -0.476 e. The summed E-state index contributed by atoms with van der Waals surface area (Å²) in [5, 5.41) is 10.5. The first-order valence-corrected chi connectivity index (χ1v) is 7.26. The molecular weight excluding hydrogens is 342 g/mol. The molecule has 0 unspecified atom stereocenters. The molecular formula is C13H8BrN3O2S. The molecule has 0 aromatic carbocycles. The predicted molar refractivity (Wildman–Crippen MR) is 78.2 cm³/mol. The summed E-state index contributed by atoms with van der Waals surface area (Å²) in [5.74, 6) is -1.01. The first-order chi connectivity index (χ1) is 9.65. The van der Waals surface area contributed by atoms with Gasteiger partial charge in [0.1, 0.15) is 15.7 Å². The van der Waals surface area contributed by atoms with Crippen LogP contribution >= 0.6 is 27.7 Å². The molecule has 0 fully saturated rings. The van der Waals surface area contributed by atoms with Crippen molar-refractivity contribution in [2.45, 2.75) is 10.1 Å². The van der Waals surface area contributed by atoms with Crippen LogP contribution in [0.4, 0.5) is 0 Å². The van der Waals surface area contributed by atoms with E-state index in [-0.39, 0.29) is 5.69 Å². The van der Waals surface area contributed by atoms with Crippen molar-refractivity contribution in [2.24, 2.45) is 0 Å². The van der Waals surface area contributed by atoms with Crippen LogP contribution in [0, 0.1) is 0 Å². The van der Waals surface area contributed by atoms with E-state index in [9.17, 15) is 9.90 Å². The van der Waals surface area contributed by atoms with E-state index in [1.807, 2.05) is 18.2 Å². The van der Waals surface area contributed by atoms with Gasteiger partial charge in [-0.3, -0.25) is 4.40 Å². The molecule has 0 bridgehead atoms. The molecule has 0 amide bonds. The molecule has 0 radical (unpaired) electrons. The molecule has 0 aliphatic rings. The van der Waals surface area contributed by atoms with E-state index < -0.39 is 5.97 Å². The Bertz CT molecular complexity index is 786. The Morgan fingerprint density at radius 1 is 1.30 bits per heavy atom. The Kier molecular flexibility index (Phi) is 3.45. The number of rotatable bonds is 3. The first kappa shape index (κ1) is 13.1. The van der Waals surface area contributed by atoms with Crippen LogP contribution in [0.15, 0.2) is 57.3 Å². The number of fused-ring (bicyclic) bond motifs is 1. The molecule has 20 heavy (non-hydrogen) atoms. The summed E-state index contributed by atoms with van der Waals surface area (Å²) in [5.41, 5.74) is 0.750. The number of carbonyl (C=O) groups is 1. The summed E-state index contributed by atoms with van der Waals surface area (Å²) in [6, 6.07) is 9.02. The minimum atomic E-state index is -1.01. The van der Waals surface area contributed by atoms with Crippen LogP contribution in [-0.4, -0.2) is 25.4 Å². The van der Waals surface area contributed by atoms with E-state index >= 15 is 0 Å². The molecule has 0 spiro atoms. The van der Waals surface area contributed by atoms with Gasteiger partial charge in [0.25, 0.3) is 0 Å². The third-order valence-corrected chi connectivity index (χ3v) is 4.00. The van der Waals surface area contributed by atoms with Gasteiger partial charge >= 0.3 is 5.97 Å². The minimum absolute atomic E-state index is 0.148. The maximum atomic E-state index is 11.4. The van der Waals surface area contributed by atoms with Gasteiger partial charge in [-0.25, -0.2) is 14.8 Å². The second kappa shape index (κ2) is 5.26. The van der Waals surface area contributed by atoms with Gasteiger partial charge < -0.3 is 5.11 Å². The average molecular weight is 350 g/mol. The molecule has 3 heterocycles. The van der Waals surface area contributed by atoms with Gasteiger partial charge in [-0.15, -0.1) is 0 Å².